The van der Waals surface area contributed by atoms with Crippen molar-refractivity contribution in [3.63, 3.8) is 0 Å². The van der Waals surface area contributed by atoms with Gasteiger partial charge in [0.1, 0.15) is 0 Å². The number of sulfonamides is 1. The van der Waals surface area contributed by atoms with Gasteiger partial charge in [-0.05, 0) is 42.8 Å². The molecule has 0 aliphatic carbocycles. The van der Waals surface area contributed by atoms with Crippen molar-refractivity contribution in [2.24, 2.45) is 0 Å². The van der Waals surface area contributed by atoms with Crippen molar-refractivity contribution >= 4 is 33.2 Å². The number of anilines is 1. The van der Waals surface area contributed by atoms with E-state index in [2.05, 4.69) is 10.2 Å². The summed E-state index contributed by atoms with van der Waals surface area (Å²) in [5.74, 6) is -0.337. The quantitative estimate of drug-likeness (QED) is 0.624. The van der Waals surface area contributed by atoms with Crippen molar-refractivity contribution in [2.45, 2.75) is 31.7 Å². The monoisotopic (exact) mass is 479 g/mol. The zero-order valence-electron chi connectivity index (χ0n) is 18.7. The largest absolute Gasteiger partial charge is 0.378 e. The highest BCUT2D eigenvalue weighted by Crippen LogP contribution is 2.28. The molecule has 1 amide bonds. The summed E-state index contributed by atoms with van der Waals surface area (Å²) in [5, 5.41) is 3.58. The van der Waals surface area contributed by atoms with Crippen LogP contribution in [0.25, 0.3) is 0 Å². The summed E-state index contributed by atoms with van der Waals surface area (Å²) < 4.78 is 33.0. The van der Waals surface area contributed by atoms with Crippen molar-refractivity contribution in [2.75, 3.05) is 44.3 Å². The minimum Gasteiger partial charge on any atom is -0.378 e. The summed E-state index contributed by atoms with van der Waals surface area (Å²) in [6, 6.07) is 11.8. The molecule has 0 aromatic heterocycles. The lowest BCUT2D eigenvalue weighted by molar-refractivity contribution is 0.0938. The van der Waals surface area contributed by atoms with Crippen LogP contribution in [0.4, 0.5) is 5.69 Å². The zero-order chi connectivity index (χ0) is 23.3. The minimum atomic E-state index is -3.70. The Labute approximate surface area is 195 Å². The van der Waals surface area contributed by atoms with E-state index in [-0.39, 0.29) is 16.8 Å². The van der Waals surface area contributed by atoms with Crippen LogP contribution in [-0.4, -0.2) is 58.0 Å². The average Bonchev–Trinajstić information content (AvgIpc) is 2.79. The summed E-state index contributed by atoms with van der Waals surface area (Å²) in [6.07, 6.45) is 0. The fraction of sp³-hybridized carbons (Fsp3) is 0.435. The first-order valence-electron chi connectivity index (χ1n) is 10.8. The second-order valence-electron chi connectivity index (χ2n) is 7.62. The molecule has 1 aliphatic heterocycles. The summed E-state index contributed by atoms with van der Waals surface area (Å²) in [5.41, 5.74) is 1.89. The van der Waals surface area contributed by atoms with E-state index in [1.807, 2.05) is 19.1 Å². The molecule has 3 rings (SSSR count). The molecule has 1 unspecified atom stereocenters. The Hall–Kier alpha value is -2.13. The zero-order valence-corrected chi connectivity index (χ0v) is 20.2. The maximum Gasteiger partial charge on any atom is 0.253 e. The highest BCUT2D eigenvalue weighted by atomic mass is 35.5. The molecule has 1 N–H and O–H groups in total. The predicted molar refractivity (Wildman–Crippen MR) is 127 cm³/mol. The van der Waals surface area contributed by atoms with Gasteiger partial charge in [-0.15, -0.1) is 0 Å². The number of benzene rings is 2. The van der Waals surface area contributed by atoms with E-state index in [0.29, 0.717) is 55.7 Å². The molecule has 1 saturated heterocycles. The van der Waals surface area contributed by atoms with Gasteiger partial charge in [0.05, 0.1) is 29.7 Å². The van der Waals surface area contributed by atoms with Crippen LogP contribution in [0.3, 0.4) is 0 Å². The first kappa shape index (κ1) is 24.5. The normalized spacial score (nSPS) is 15.6. The number of ether oxygens (including phenoxy) is 1. The molecule has 1 atom stereocenters. The highest BCUT2D eigenvalue weighted by molar-refractivity contribution is 7.89. The molecule has 0 bridgehead atoms. The van der Waals surface area contributed by atoms with Gasteiger partial charge in [0.25, 0.3) is 5.91 Å². The Morgan fingerprint density at radius 1 is 1.16 bits per heavy atom. The SMILES string of the molecule is CCN(CC)S(=O)(=O)c1ccc(N2CCOCC2)c(C(=O)NC(C)c2cccc(Cl)c2)c1. The Balaban J connectivity index is 1.98. The molecule has 2 aromatic carbocycles. The molecule has 1 heterocycles. The van der Waals surface area contributed by atoms with E-state index in [4.69, 9.17) is 16.3 Å². The number of hydrogen-bond acceptors (Lipinski definition) is 5. The van der Waals surface area contributed by atoms with Crippen molar-refractivity contribution in [3.8, 4) is 0 Å². The van der Waals surface area contributed by atoms with E-state index >= 15 is 0 Å². The fourth-order valence-corrected chi connectivity index (χ4v) is 5.47. The van der Waals surface area contributed by atoms with Gasteiger partial charge in [-0.25, -0.2) is 8.42 Å². The number of rotatable bonds is 8. The van der Waals surface area contributed by atoms with Gasteiger partial charge < -0.3 is 15.0 Å². The molecule has 7 nitrogen and oxygen atoms in total. The predicted octanol–water partition coefficient (Wildman–Crippen LogP) is 3.70. The van der Waals surface area contributed by atoms with Crippen LogP contribution in [0.1, 0.15) is 42.7 Å². The van der Waals surface area contributed by atoms with Gasteiger partial charge in [-0.2, -0.15) is 4.31 Å². The number of nitrogens with one attached hydrogen (secondary N) is 1. The smallest absolute Gasteiger partial charge is 0.253 e. The second kappa shape index (κ2) is 10.7. The molecular formula is C23H30ClN3O4S. The standard InChI is InChI=1S/C23H30ClN3O4S/c1-4-27(5-2)32(29,30)20-9-10-22(26-11-13-31-14-12-26)21(16-20)23(28)25-17(3)18-7-6-8-19(24)15-18/h6-10,15-17H,4-5,11-14H2,1-3H3,(H,25,28). The van der Waals surface area contributed by atoms with Crippen LogP contribution >= 0.6 is 11.6 Å². The lowest BCUT2D eigenvalue weighted by Crippen LogP contribution is -2.38. The minimum absolute atomic E-state index is 0.110. The van der Waals surface area contributed by atoms with Gasteiger partial charge in [-0.3, -0.25) is 4.79 Å². The molecule has 0 saturated carbocycles. The van der Waals surface area contributed by atoms with Crippen LogP contribution in [0, 0.1) is 0 Å². The third kappa shape index (κ3) is 5.43. The van der Waals surface area contributed by atoms with Gasteiger partial charge >= 0.3 is 0 Å². The van der Waals surface area contributed by atoms with E-state index < -0.39 is 10.0 Å². The number of nitrogens with zero attached hydrogens (tertiary/aromatic N) is 2. The molecule has 174 valence electrons. The third-order valence-corrected chi connectivity index (χ3v) is 7.88. The highest BCUT2D eigenvalue weighted by Gasteiger charge is 2.26. The molecule has 2 aromatic rings. The molecule has 1 aliphatic rings. The van der Waals surface area contributed by atoms with Crippen molar-refractivity contribution in [1.82, 2.24) is 9.62 Å². The lowest BCUT2D eigenvalue weighted by atomic mass is 10.1. The number of hydrogen-bond donors (Lipinski definition) is 1. The topological polar surface area (TPSA) is 79.0 Å². The van der Waals surface area contributed by atoms with Crippen LogP contribution in [0.2, 0.25) is 5.02 Å². The first-order chi connectivity index (χ1) is 15.3. The van der Waals surface area contributed by atoms with Crippen LogP contribution in [-0.2, 0) is 14.8 Å². The first-order valence-corrected chi connectivity index (χ1v) is 12.6. The third-order valence-electron chi connectivity index (χ3n) is 5.60. The van der Waals surface area contributed by atoms with E-state index in [1.165, 1.54) is 10.4 Å². The van der Waals surface area contributed by atoms with Gasteiger partial charge in [0, 0.05) is 36.9 Å². The van der Waals surface area contributed by atoms with Crippen molar-refractivity contribution < 1.29 is 17.9 Å². The maximum absolute atomic E-state index is 13.4. The van der Waals surface area contributed by atoms with Gasteiger partial charge in [0.15, 0.2) is 0 Å². The summed E-state index contributed by atoms with van der Waals surface area (Å²) in [7, 11) is -3.70. The average molecular weight is 480 g/mol. The Kier molecular flexibility index (Phi) is 8.16. The molecular weight excluding hydrogens is 450 g/mol. The van der Waals surface area contributed by atoms with E-state index in [1.54, 1.807) is 38.1 Å². The maximum atomic E-state index is 13.4. The van der Waals surface area contributed by atoms with E-state index in [0.717, 1.165) is 5.56 Å². The summed E-state index contributed by atoms with van der Waals surface area (Å²) in [6.45, 7) is 8.55. The van der Waals surface area contributed by atoms with Crippen molar-refractivity contribution in [1.29, 1.82) is 0 Å². The van der Waals surface area contributed by atoms with Gasteiger partial charge in [-0.1, -0.05) is 37.6 Å². The second-order valence-corrected chi connectivity index (χ2v) is 9.99. The Morgan fingerprint density at radius 2 is 1.84 bits per heavy atom. The summed E-state index contributed by atoms with van der Waals surface area (Å²) in [4.78, 5) is 15.5. The number of carbonyl (C=O) groups excluding carboxylic acids is 1. The number of amides is 1. The fourth-order valence-electron chi connectivity index (χ4n) is 3.78. The van der Waals surface area contributed by atoms with Crippen LogP contribution in [0.5, 0.6) is 0 Å². The molecule has 0 radical (unpaired) electrons. The molecule has 1 fully saturated rings. The number of morpholine rings is 1. The molecule has 9 heteroatoms. The lowest BCUT2D eigenvalue weighted by Gasteiger charge is -2.31. The Bertz CT molecular complexity index is 1050. The molecule has 32 heavy (non-hydrogen) atoms. The van der Waals surface area contributed by atoms with Gasteiger partial charge in [0.2, 0.25) is 10.0 Å². The number of halogens is 1. The number of carbonyl (C=O) groups is 1. The summed E-state index contributed by atoms with van der Waals surface area (Å²) >= 11 is 6.09. The van der Waals surface area contributed by atoms with Crippen LogP contribution < -0.4 is 10.2 Å². The van der Waals surface area contributed by atoms with Crippen LogP contribution in [0.15, 0.2) is 47.4 Å². The van der Waals surface area contributed by atoms with Crippen molar-refractivity contribution in [3.05, 3.63) is 58.6 Å². The Morgan fingerprint density at radius 3 is 2.47 bits per heavy atom. The molecule has 0 spiro atoms. The van der Waals surface area contributed by atoms with E-state index in [9.17, 15) is 13.2 Å².